The normalized spacial score (nSPS) is 13.5. The second-order valence-electron chi connectivity index (χ2n) is 6.01. The van der Waals surface area contributed by atoms with E-state index in [9.17, 15) is 0 Å². The Bertz CT molecular complexity index is 421. The molecular formula is C16H25Cl2NO. The van der Waals surface area contributed by atoms with Crippen LogP contribution in [-0.2, 0) is 0 Å². The van der Waals surface area contributed by atoms with Crippen molar-refractivity contribution < 1.29 is 5.11 Å². The molecule has 1 aromatic rings. The summed E-state index contributed by atoms with van der Waals surface area (Å²) >= 11 is 12.0. The van der Waals surface area contributed by atoms with Gasteiger partial charge in [0.05, 0.1) is 10.0 Å². The minimum absolute atomic E-state index is 0.173. The van der Waals surface area contributed by atoms with E-state index >= 15 is 0 Å². The van der Waals surface area contributed by atoms with Gasteiger partial charge in [0, 0.05) is 19.2 Å². The van der Waals surface area contributed by atoms with Gasteiger partial charge < -0.3 is 10.4 Å². The predicted molar refractivity (Wildman–Crippen MR) is 87.6 cm³/mol. The molecule has 0 bridgehead atoms. The Morgan fingerprint density at radius 3 is 2.50 bits per heavy atom. The standard InChI is InChI=1S/C16H25Cl2NO/c1-4-15(12-6-7-13(17)14(18)10-12)19-11-16(2,3)8-5-9-20/h6-7,10,15,19-20H,4-5,8-9,11H2,1-3H3. The molecule has 2 nitrogen and oxygen atoms in total. The second-order valence-corrected chi connectivity index (χ2v) is 6.82. The summed E-state index contributed by atoms with van der Waals surface area (Å²) in [5.41, 5.74) is 1.34. The summed E-state index contributed by atoms with van der Waals surface area (Å²) < 4.78 is 0. The molecule has 0 aliphatic carbocycles. The molecular weight excluding hydrogens is 293 g/mol. The first-order chi connectivity index (χ1) is 9.39. The second kappa shape index (κ2) is 8.23. The van der Waals surface area contributed by atoms with Gasteiger partial charge >= 0.3 is 0 Å². The number of benzene rings is 1. The van der Waals surface area contributed by atoms with E-state index in [1.807, 2.05) is 18.2 Å². The van der Waals surface area contributed by atoms with E-state index in [0.29, 0.717) is 10.0 Å². The maximum atomic E-state index is 8.94. The number of aliphatic hydroxyl groups excluding tert-OH is 1. The zero-order valence-electron chi connectivity index (χ0n) is 12.5. The quantitative estimate of drug-likeness (QED) is 0.719. The molecule has 0 spiro atoms. The molecule has 20 heavy (non-hydrogen) atoms. The Labute approximate surface area is 132 Å². The SMILES string of the molecule is CCC(NCC(C)(C)CCCO)c1ccc(Cl)c(Cl)c1. The van der Waals surface area contributed by atoms with E-state index in [0.717, 1.165) is 25.8 Å². The number of aliphatic hydroxyl groups is 1. The van der Waals surface area contributed by atoms with Gasteiger partial charge in [-0.3, -0.25) is 0 Å². The van der Waals surface area contributed by atoms with Gasteiger partial charge in [0.1, 0.15) is 0 Å². The number of nitrogens with one attached hydrogen (secondary N) is 1. The maximum Gasteiger partial charge on any atom is 0.0595 e. The summed E-state index contributed by atoms with van der Waals surface area (Å²) in [5, 5.41) is 13.7. The first kappa shape index (κ1) is 17.8. The summed E-state index contributed by atoms with van der Waals surface area (Å²) in [4.78, 5) is 0. The predicted octanol–water partition coefficient (Wildman–Crippen LogP) is 4.83. The van der Waals surface area contributed by atoms with Crippen molar-refractivity contribution in [3.8, 4) is 0 Å². The van der Waals surface area contributed by atoms with Crippen LogP contribution in [0.15, 0.2) is 18.2 Å². The largest absolute Gasteiger partial charge is 0.396 e. The van der Waals surface area contributed by atoms with Crippen LogP contribution in [0, 0.1) is 5.41 Å². The number of rotatable bonds is 8. The van der Waals surface area contributed by atoms with Crippen molar-refractivity contribution in [2.45, 2.75) is 46.1 Å². The highest BCUT2D eigenvalue weighted by Gasteiger charge is 2.19. The summed E-state index contributed by atoms with van der Waals surface area (Å²) in [7, 11) is 0. The van der Waals surface area contributed by atoms with Crippen LogP contribution in [-0.4, -0.2) is 18.3 Å². The molecule has 1 aromatic carbocycles. The fourth-order valence-corrected chi connectivity index (χ4v) is 2.58. The zero-order chi connectivity index (χ0) is 15.2. The summed E-state index contributed by atoms with van der Waals surface area (Å²) in [6, 6.07) is 6.08. The van der Waals surface area contributed by atoms with Crippen LogP contribution in [0.1, 0.15) is 51.6 Å². The molecule has 114 valence electrons. The fraction of sp³-hybridized carbons (Fsp3) is 0.625. The Hall–Kier alpha value is -0.280. The Kier molecular flexibility index (Phi) is 7.32. The van der Waals surface area contributed by atoms with Crippen molar-refractivity contribution in [2.75, 3.05) is 13.2 Å². The maximum absolute atomic E-state index is 8.94. The molecule has 0 fully saturated rings. The summed E-state index contributed by atoms with van der Waals surface area (Å²) in [5.74, 6) is 0. The number of halogens is 2. The number of hydrogen-bond donors (Lipinski definition) is 2. The molecule has 0 heterocycles. The Morgan fingerprint density at radius 1 is 1.25 bits per heavy atom. The molecule has 0 aromatic heterocycles. The topological polar surface area (TPSA) is 32.3 Å². The average molecular weight is 318 g/mol. The lowest BCUT2D eigenvalue weighted by molar-refractivity contribution is 0.231. The minimum Gasteiger partial charge on any atom is -0.396 e. The van der Waals surface area contributed by atoms with Crippen molar-refractivity contribution in [3.05, 3.63) is 33.8 Å². The summed E-state index contributed by atoms with van der Waals surface area (Å²) in [6.45, 7) is 7.76. The van der Waals surface area contributed by atoms with Gasteiger partial charge in [0.2, 0.25) is 0 Å². The lowest BCUT2D eigenvalue weighted by Gasteiger charge is -2.28. The monoisotopic (exact) mass is 317 g/mol. The molecule has 1 unspecified atom stereocenters. The van der Waals surface area contributed by atoms with Crippen molar-refractivity contribution in [3.63, 3.8) is 0 Å². The van der Waals surface area contributed by atoms with Crippen molar-refractivity contribution in [1.82, 2.24) is 5.32 Å². The molecule has 0 radical (unpaired) electrons. The lowest BCUT2D eigenvalue weighted by atomic mass is 9.87. The highest BCUT2D eigenvalue weighted by atomic mass is 35.5. The van der Waals surface area contributed by atoms with Gasteiger partial charge in [-0.1, -0.05) is 50.0 Å². The van der Waals surface area contributed by atoms with E-state index in [4.69, 9.17) is 28.3 Å². The van der Waals surface area contributed by atoms with Crippen LogP contribution >= 0.6 is 23.2 Å². The molecule has 4 heteroatoms. The first-order valence-electron chi connectivity index (χ1n) is 7.19. The van der Waals surface area contributed by atoms with Crippen molar-refractivity contribution >= 4 is 23.2 Å². The van der Waals surface area contributed by atoms with Crippen LogP contribution in [0.3, 0.4) is 0 Å². The molecule has 0 amide bonds. The van der Waals surface area contributed by atoms with E-state index < -0.39 is 0 Å². The minimum atomic E-state index is 0.173. The van der Waals surface area contributed by atoms with Gasteiger partial charge in [0.15, 0.2) is 0 Å². The van der Waals surface area contributed by atoms with Crippen molar-refractivity contribution in [2.24, 2.45) is 5.41 Å². The third kappa shape index (κ3) is 5.61. The van der Waals surface area contributed by atoms with Crippen LogP contribution in [0.4, 0.5) is 0 Å². The van der Waals surface area contributed by atoms with Gasteiger partial charge in [-0.05, 0) is 42.4 Å². The highest BCUT2D eigenvalue weighted by molar-refractivity contribution is 6.42. The molecule has 1 rings (SSSR count). The van der Waals surface area contributed by atoms with Crippen LogP contribution in [0.5, 0.6) is 0 Å². The van der Waals surface area contributed by atoms with Crippen LogP contribution in [0.2, 0.25) is 10.0 Å². The average Bonchev–Trinajstić information content (AvgIpc) is 2.41. The fourth-order valence-electron chi connectivity index (χ4n) is 2.27. The van der Waals surface area contributed by atoms with E-state index in [2.05, 4.69) is 26.1 Å². The molecule has 0 aliphatic heterocycles. The third-order valence-electron chi connectivity index (χ3n) is 3.59. The molecule has 0 aliphatic rings. The summed E-state index contributed by atoms with van der Waals surface area (Å²) in [6.07, 6.45) is 2.85. The Balaban J connectivity index is 2.65. The van der Waals surface area contributed by atoms with Gasteiger partial charge in [0.25, 0.3) is 0 Å². The smallest absolute Gasteiger partial charge is 0.0595 e. The van der Waals surface area contributed by atoms with Crippen LogP contribution in [0.25, 0.3) is 0 Å². The molecule has 2 N–H and O–H groups in total. The zero-order valence-corrected chi connectivity index (χ0v) is 14.1. The first-order valence-corrected chi connectivity index (χ1v) is 7.94. The molecule has 1 atom stereocenters. The number of hydrogen-bond acceptors (Lipinski definition) is 2. The lowest BCUT2D eigenvalue weighted by Crippen LogP contribution is -2.32. The highest BCUT2D eigenvalue weighted by Crippen LogP contribution is 2.28. The van der Waals surface area contributed by atoms with Gasteiger partial charge in [-0.25, -0.2) is 0 Å². The Morgan fingerprint density at radius 2 is 1.95 bits per heavy atom. The third-order valence-corrected chi connectivity index (χ3v) is 4.33. The van der Waals surface area contributed by atoms with Crippen LogP contribution < -0.4 is 5.32 Å². The van der Waals surface area contributed by atoms with E-state index in [-0.39, 0.29) is 18.1 Å². The van der Waals surface area contributed by atoms with Gasteiger partial charge in [-0.15, -0.1) is 0 Å². The van der Waals surface area contributed by atoms with E-state index in [1.165, 1.54) is 5.56 Å². The molecule has 0 saturated carbocycles. The van der Waals surface area contributed by atoms with Gasteiger partial charge in [-0.2, -0.15) is 0 Å². The van der Waals surface area contributed by atoms with Crippen molar-refractivity contribution in [1.29, 1.82) is 0 Å². The van der Waals surface area contributed by atoms with E-state index in [1.54, 1.807) is 0 Å². The molecule has 0 saturated heterocycles.